The van der Waals surface area contributed by atoms with Gasteiger partial charge >= 0.3 is 0 Å². The quantitative estimate of drug-likeness (QED) is 0.718. The minimum atomic E-state index is -1.21. The predicted octanol–water partition coefficient (Wildman–Crippen LogP) is 4.44. The summed E-state index contributed by atoms with van der Waals surface area (Å²) in [5, 5.41) is 0.885. The Kier molecular flexibility index (Phi) is 5.67. The first-order valence-electron chi connectivity index (χ1n) is 7.19. The van der Waals surface area contributed by atoms with Crippen LogP contribution in [0.5, 0.6) is 5.75 Å². The number of hydrogen-bond acceptors (Lipinski definition) is 3. The summed E-state index contributed by atoms with van der Waals surface area (Å²) in [6, 6.07) is 16.8. The lowest BCUT2D eigenvalue weighted by atomic mass is 10.2. The fraction of sp³-hybridized carbons (Fsp3) is 0.167. The van der Waals surface area contributed by atoms with Crippen LogP contribution in [0.4, 0.5) is 0 Å². The van der Waals surface area contributed by atoms with Crippen LogP contribution in [0.25, 0.3) is 10.9 Å². The number of ether oxygens (including phenoxy) is 1. The van der Waals surface area contributed by atoms with Crippen molar-refractivity contribution in [3.63, 3.8) is 0 Å². The van der Waals surface area contributed by atoms with Crippen LogP contribution in [0.3, 0.4) is 0 Å². The summed E-state index contributed by atoms with van der Waals surface area (Å²) < 4.78 is 17.9. The van der Waals surface area contributed by atoms with Gasteiger partial charge in [-0.1, -0.05) is 32.0 Å². The molecule has 4 heteroatoms. The molecule has 0 saturated heterocycles. The number of aromatic nitrogens is 1. The molecule has 1 atom stereocenters. The van der Waals surface area contributed by atoms with Gasteiger partial charge in [-0.2, -0.15) is 0 Å². The van der Waals surface area contributed by atoms with Crippen LogP contribution in [0.2, 0.25) is 0 Å². The highest BCUT2D eigenvalue weighted by molar-refractivity contribution is 7.85. The van der Waals surface area contributed by atoms with E-state index in [1.54, 1.807) is 19.4 Å². The van der Waals surface area contributed by atoms with E-state index in [1.807, 2.05) is 62.4 Å². The normalized spacial score (nSPS) is 11.4. The lowest BCUT2D eigenvalue weighted by molar-refractivity contribution is 0.415. The molecule has 0 N–H and O–H groups in total. The van der Waals surface area contributed by atoms with Crippen molar-refractivity contribution in [1.29, 1.82) is 0 Å². The largest absolute Gasteiger partial charge is 0.497 e. The van der Waals surface area contributed by atoms with E-state index < -0.39 is 10.8 Å². The summed E-state index contributed by atoms with van der Waals surface area (Å²) >= 11 is 0. The second-order valence-corrected chi connectivity index (χ2v) is 5.72. The Labute approximate surface area is 133 Å². The van der Waals surface area contributed by atoms with E-state index in [0.29, 0.717) is 0 Å². The monoisotopic (exact) mass is 313 g/mol. The molecule has 0 bridgehead atoms. The maximum Gasteiger partial charge on any atom is 0.121 e. The van der Waals surface area contributed by atoms with Gasteiger partial charge in [-0.05, 0) is 30.3 Å². The number of methoxy groups -OCH3 is 1. The fourth-order valence-corrected chi connectivity index (χ4v) is 3.28. The first kappa shape index (κ1) is 16.2. The fourth-order valence-electron chi connectivity index (χ4n) is 2.06. The molecule has 0 aliphatic rings. The van der Waals surface area contributed by atoms with E-state index in [2.05, 4.69) is 4.98 Å². The average Bonchev–Trinajstić information content (AvgIpc) is 2.62. The summed E-state index contributed by atoms with van der Waals surface area (Å²) in [6.45, 7) is 4.00. The molecule has 0 radical (unpaired) electrons. The minimum Gasteiger partial charge on any atom is -0.497 e. The Balaban J connectivity index is 0.000000847. The van der Waals surface area contributed by atoms with Gasteiger partial charge in [0.05, 0.1) is 28.3 Å². The van der Waals surface area contributed by atoms with Gasteiger partial charge in [-0.25, -0.2) is 4.21 Å². The van der Waals surface area contributed by atoms with E-state index in [9.17, 15) is 4.21 Å². The highest BCUT2D eigenvalue weighted by Gasteiger charge is 2.11. The van der Waals surface area contributed by atoms with Crippen molar-refractivity contribution in [1.82, 2.24) is 4.98 Å². The molecule has 22 heavy (non-hydrogen) atoms. The molecular formula is C18H19NO2S. The van der Waals surface area contributed by atoms with E-state index in [0.717, 1.165) is 26.4 Å². The summed E-state index contributed by atoms with van der Waals surface area (Å²) in [4.78, 5) is 5.87. The van der Waals surface area contributed by atoms with Crippen molar-refractivity contribution >= 4 is 21.7 Å². The van der Waals surface area contributed by atoms with Crippen molar-refractivity contribution < 1.29 is 8.95 Å². The van der Waals surface area contributed by atoms with Crippen molar-refractivity contribution in [2.45, 2.75) is 23.6 Å². The van der Waals surface area contributed by atoms with Gasteiger partial charge in [0.2, 0.25) is 0 Å². The van der Waals surface area contributed by atoms with Crippen LogP contribution in [-0.4, -0.2) is 16.3 Å². The summed E-state index contributed by atoms with van der Waals surface area (Å²) in [7, 11) is 0.407. The Hall–Kier alpha value is -2.20. The Morgan fingerprint density at radius 3 is 2.41 bits per heavy atom. The molecule has 2 aromatic carbocycles. The first-order valence-corrected chi connectivity index (χ1v) is 8.34. The van der Waals surface area contributed by atoms with Crippen molar-refractivity contribution in [2.75, 3.05) is 7.11 Å². The van der Waals surface area contributed by atoms with Gasteiger partial charge in [0.15, 0.2) is 0 Å². The van der Waals surface area contributed by atoms with Gasteiger partial charge < -0.3 is 4.74 Å². The molecule has 1 aromatic heterocycles. The molecule has 0 aliphatic heterocycles. The van der Waals surface area contributed by atoms with Gasteiger partial charge in [0, 0.05) is 22.5 Å². The second-order valence-electron chi connectivity index (χ2n) is 4.27. The van der Waals surface area contributed by atoms with E-state index in [-0.39, 0.29) is 0 Å². The van der Waals surface area contributed by atoms with Gasteiger partial charge in [0.25, 0.3) is 0 Å². The molecule has 0 amide bonds. The molecule has 0 fully saturated rings. The number of rotatable bonds is 3. The standard InChI is InChI=1S/C16H13NO2S.C2H6/c1-19-12-7-8-14-15(11-12)17-10-9-16(14)20(18)13-5-3-2-4-6-13;1-2/h2-11H,1H3;1-2H3. The highest BCUT2D eigenvalue weighted by atomic mass is 32.2. The molecule has 3 aromatic rings. The molecule has 1 unspecified atom stereocenters. The van der Waals surface area contributed by atoms with Crippen LogP contribution in [0.1, 0.15) is 13.8 Å². The molecule has 0 spiro atoms. The maximum absolute atomic E-state index is 12.7. The predicted molar refractivity (Wildman–Crippen MR) is 90.8 cm³/mol. The molecular weight excluding hydrogens is 294 g/mol. The van der Waals surface area contributed by atoms with Gasteiger partial charge in [-0.3, -0.25) is 4.98 Å². The lowest BCUT2D eigenvalue weighted by Crippen LogP contribution is -1.95. The van der Waals surface area contributed by atoms with Crippen LogP contribution >= 0.6 is 0 Å². The van der Waals surface area contributed by atoms with E-state index >= 15 is 0 Å². The van der Waals surface area contributed by atoms with Crippen LogP contribution in [0.15, 0.2) is 70.6 Å². The molecule has 3 rings (SSSR count). The molecule has 114 valence electrons. The van der Waals surface area contributed by atoms with Crippen molar-refractivity contribution in [3.05, 3.63) is 60.8 Å². The molecule has 0 saturated carbocycles. The highest BCUT2D eigenvalue weighted by Crippen LogP contribution is 2.26. The SMILES string of the molecule is CC.COc1ccc2c(S(=O)c3ccccc3)ccnc2c1. The maximum atomic E-state index is 12.7. The van der Waals surface area contributed by atoms with Gasteiger partial charge in [-0.15, -0.1) is 0 Å². The smallest absolute Gasteiger partial charge is 0.121 e. The van der Waals surface area contributed by atoms with Crippen molar-refractivity contribution in [3.8, 4) is 5.75 Å². The third kappa shape index (κ3) is 3.34. The second kappa shape index (κ2) is 7.71. The average molecular weight is 313 g/mol. The summed E-state index contributed by atoms with van der Waals surface area (Å²) in [5.74, 6) is 0.743. The lowest BCUT2D eigenvalue weighted by Gasteiger charge is -2.07. The third-order valence-corrected chi connectivity index (χ3v) is 4.52. The topological polar surface area (TPSA) is 39.2 Å². The van der Waals surface area contributed by atoms with Crippen molar-refractivity contribution in [2.24, 2.45) is 0 Å². The Morgan fingerprint density at radius 1 is 1.00 bits per heavy atom. The van der Waals surface area contributed by atoms with Gasteiger partial charge in [0.1, 0.15) is 5.75 Å². The van der Waals surface area contributed by atoms with Crippen LogP contribution in [-0.2, 0) is 10.8 Å². The molecule has 1 heterocycles. The molecule has 3 nitrogen and oxygen atoms in total. The number of pyridine rings is 1. The summed E-state index contributed by atoms with van der Waals surface area (Å²) in [6.07, 6.45) is 1.68. The number of nitrogens with zero attached hydrogens (tertiary/aromatic N) is 1. The summed E-state index contributed by atoms with van der Waals surface area (Å²) in [5.41, 5.74) is 0.783. The first-order chi connectivity index (χ1) is 10.8. The third-order valence-electron chi connectivity index (χ3n) is 3.07. The van der Waals surface area contributed by atoms with Crippen LogP contribution in [0, 0.1) is 0 Å². The zero-order valence-electron chi connectivity index (χ0n) is 12.9. The Bertz CT molecular complexity index is 772. The minimum absolute atomic E-state index is 0.743. The Morgan fingerprint density at radius 2 is 1.73 bits per heavy atom. The number of hydrogen-bond donors (Lipinski definition) is 0. The number of benzene rings is 2. The molecule has 0 aliphatic carbocycles. The zero-order chi connectivity index (χ0) is 15.9. The van der Waals surface area contributed by atoms with E-state index in [4.69, 9.17) is 4.74 Å². The number of fused-ring (bicyclic) bond motifs is 1. The van der Waals surface area contributed by atoms with E-state index in [1.165, 1.54) is 0 Å². The zero-order valence-corrected chi connectivity index (χ0v) is 13.8. The van der Waals surface area contributed by atoms with Crippen LogP contribution < -0.4 is 4.74 Å².